The molecule has 2 atom stereocenters. The van der Waals surface area contributed by atoms with Gasteiger partial charge in [0.1, 0.15) is 6.23 Å². The van der Waals surface area contributed by atoms with Gasteiger partial charge in [-0.1, -0.05) is 0 Å². The fourth-order valence-electron chi connectivity index (χ4n) is 5.69. The molecule has 0 bridgehead atoms. The minimum atomic E-state index is -0.534. The minimum absolute atomic E-state index is 0.0142. The Morgan fingerprint density at radius 1 is 1.20 bits per heavy atom. The van der Waals surface area contributed by atoms with Gasteiger partial charge in [0.25, 0.3) is 0 Å². The molecule has 1 spiro atoms. The number of H-pyrrole nitrogens is 1. The quantitative estimate of drug-likeness (QED) is 0.789. The Morgan fingerprint density at radius 3 is 2.67 bits per heavy atom. The molecule has 3 aliphatic heterocycles. The van der Waals surface area contributed by atoms with E-state index in [2.05, 4.69) is 32.1 Å². The molecule has 2 fully saturated rings. The van der Waals surface area contributed by atoms with Gasteiger partial charge in [0.2, 0.25) is 6.29 Å². The summed E-state index contributed by atoms with van der Waals surface area (Å²) in [6.07, 6.45) is 6.89. The third-order valence-corrected chi connectivity index (χ3v) is 7.49. The van der Waals surface area contributed by atoms with E-state index in [4.69, 9.17) is 9.47 Å². The van der Waals surface area contributed by atoms with Gasteiger partial charge in [-0.2, -0.15) is 5.10 Å². The number of ether oxygens (including phenoxy) is 2. The van der Waals surface area contributed by atoms with Crippen molar-refractivity contribution in [3.05, 3.63) is 41.2 Å². The number of nitrogens with one attached hydrogen (secondary N) is 1. The normalized spacial score (nSPS) is 27.7. The lowest BCUT2D eigenvalue weighted by molar-refractivity contribution is -0.0225. The van der Waals surface area contributed by atoms with Crippen LogP contribution in [0.1, 0.15) is 62.1 Å². The van der Waals surface area contributed by atoms with Crippen molar-refractivity contribution in [2.24, 2.45) is 5.92 Å². The molecule has 30 heavy (non-hydrogen) atoms. The number of aromatic amines is 1. The number of aliphatic hydroxyl groups excluding tert-OH is 1. The third kappa shape index (κ3) is 3.02. The van der Waals surface area contributed by atoms with Crippen LogP contribution >= 0.6 is 0 Å². The Balaban J connectivity index is 1.09. The second-order valence-electron chi connectivity index (χ2n) is 9.38. The van der Waals surface area contributed by atoms with Gasteiger partial charge in [-0.15, -0.1) is 0 Å². The molecule has 7 nitrogen and oxygen atoms in total. The predicted octanol–water partition coefficient (Wildman–Crippen LogP) is 3.12. The first kappa shape index (κ1) is 18.7. The fraction of sp³-hybridized carbons (Fsp3) is 0.609. The van der Waals surface area contributed by atoms with Gasteiger partial charge >= 0.3 is 0 Å². The van der Waals surface area contributed by atoms with E-state index in [9.17, 15) is 5.11 Å². The Labute approximate surface area is 177 Å². The highest BCUT2D eigenvalue weighted by Gasteiger charge is 2.58. The van der Waals surface area contributed by atoms with E-state index in [1.807, 2.05) is 19.2 Å². The van der Waals surface area contributed by atoms with Crippen molar-refractivity contribution in [2.75, 3.05) is 19.6 Å². The van der Waals surface area contributed by atoms with E-state index >= 15 is 0 Å². The van der Waals surface area contributed by atoms with Gasteiger partial charge < -0.3 is 14.6 Å². The summed E-state index contributed by atoms with van der Waals surface area (Å²) in [5.74, 6) is 2.32. The summed E-state index contributed by atoms with van der Waals surface area (Å²) in [4.78, 5) is 4.85. The molecule has 7 heteroatoms. The van der Waals surface area contributed by atoms with Crippen LogP contribution in [0.15, 0.2) is 24.4 Å². The van der Waals surface area contributed by atoms with Crippen LogP contribution in [0.2, 0.25) is 0 Å². The van der Waals surface area contributed by atoms with E-state index in [1.54, 1.807) is 0 Å². The molecule has 1 aromatic carbocycles. The highest BCUT2D eigenvalue weighted by Crippen LogP contribution is 2.61. The molecule has 0 amide bonds. The minimum Gasteiger partial charge on any atom is -0.451 e. The van der Waals surface area contributed by atoms with Crippen LogP contribution in [0.25, 0.3) is 0 Å². The van der Waals surface area contributed by atoms with Crippen molar-refractivity contribution < 1.29 is 14.6 Å². The summed E-state index contributed by atoms with van der Waals surface area (Å²) in [6, 6.07) is 6.19. The average Bonchev–Trinajstić information content (AvgIpc) is 3.10. The number of fused-ring (bicyclic) bond motifs is 3. The molecule has 4 heterocycles. The van der Waals surface area contributed by atoms with Crippen molar-refractivity contribution in [3.63, 3.8) is 0 Å². The molecule has 1 saturated carbocycles. The molecule has 6 rings (SSSR count). The van der Waals surface area contributed by atoms with Crippen molar-refractivity contribution in [1.29, 1.82) is 0 Å². The standard InChI is InChI=1S/C23H30N4O3/c1-15-29-20-12-18-19(13-21(20)30-15)23(6-7-23)27(22(18)28)11-5-16-3-9-26(10-4-16)14-17-2-8-24-25-17/h2,8,12-13,15-16,22,28H,3-7,9-11,14H2,1H3,(H,24,25)/t15-,22?/m0/s1. The van der Waals surface area contributed by atoms with E-state index in [0.717, 1.165) is 68.4 Å². The second-order valence-corrected chi connectivity index (χ2v) is 9.38. The number of hydrogen-bond acceptors (Lipinski definition) is 6. The molecular weight excluding hydrogens is 380 g/mol. The van der Waals surface area contributed by atoms with Crippen LogP contribution < -0.4 is 9.47 Å². The second kappa shape index (κ2) is 6.97. The SMILES string of the molecule is C[C@H]1Oc2cc3c(cc2O1)C1(CC1)N(CCC1CCN(Cc2ccn[nH]2)CC1)C3O. The number of rotatable bonds is 5. The van der Waals surface area contributed by atoms with Crippen molar-refractivity contribution in [3.8, 4) is 11.5 Å². The number of hydrogen-bond donors (Lipinski definition) is 2. The summed E-state index contributed by atoms with van der Waals surface area (Å²) >= 11 is 0. The molecule has 1 aromatic heterocycles. The highest BCUT2D eigenvalue weighted by molar-refractivity contribution is 5.55. The average molecular weight is 411 g/mol. The summed E-state index contributed by atoms with van der Waals surface area (Å²) in [5.41, 5.74) is 3.47. The molecule has 0 radical (unpaired) electrons. The first-order chi connectivity index (χ1) is 14.6. The van der Waals surface area contributed by atoms with Gasteiger partial charge in [-0.3, -0.25) is 14.9 Å². The van der Waals surface area contributed by atoms with Gasteiger partial charge in [-0.25, -0.2) is 0 Å². The lowest BCUT2D eigenvalue weighted by Crippen LogP contribution is -2.37. The smallest absolute Gasteiger partial charge is 0.238 e. The van der Waals surface area contributed by atoms with Crippen LogP contribution in [0, 0.1) is 5.92 Å². The van der Waals surface area contributed by atoms with Crippen LogP contribution in [0.4, 0.5) is 0 Å². The first-order valence-electron chi connectivity index (χ1n) is 11.3. The highest BCUT2D eigenvalue weighted by atomic mass is 16.7. The zero-order valence-corrected chi connectivity index (χ0v) is 17.5. The molecule has 160 valence electrons. The Bertz CT molecular complexity index is 919. The number of nitrogens with zero attached hydrogens (tertiary/aromatic N) is 3. The van der Waals surface area contributed by atoms with Crippen molar-refractivity contribution in [2.45, 2.75) is 63.6 Å². The molecule has 4 aliphatic rings. The fourth-order valence-corrected chi connectivity index (χ4v) is 5.69. The Morgan fingerprint density at radius 2 is 1.97 bits per heavy atom. The molecule has 2 aromatic rings. The summed E-state index contributed by atoms with van der Waals surface area (Å²) in [7, 11) is 0. The zero-order valence-electron chi connectivity index (χ0n) is 17.5. The molecule has 2 N–H and O–H groups in total. The topological polar surface area (TPSA) is 73.9 Å². The number of piperidine rings is 1. The lowest BCUT2D eigenvalue weighted by Gasteiger charge is -2.34. The monoisotopic (exact) mass is 410 g/mol. The first-order valence-corrected chi connectivity index (χ1v) is 11.3. The van der Waals surface area contributed by atoms with Crippen LogP contribution in [0.5, 0.6) is 11.5 Å². The maximum absolute atomic E-state index is 11.1. The van der Waals surface area contributed by atoms with E-state index in [-0.39, 0.29) is 11.8 Å². The molecule has 1 unspecified atom stereocenters. The molecule has 1 aliphatic carbocycles. The molecular formula is C23H30N4O3. The van der Waals surface area contributed by atoms with Gasteiger partial charge in [0.05, 0.1) is 0 Å². The number of benzene rings is 1. The van der Waals surface area contributed by atoms with Gasteiger partial charge in [-0.05, 0) is 74.9 Å². The summed E-state index contributed by atoms with van der Waals surface area (Å²) < 4.78 is 11.5. The number of aromatic nitrogens is 2. The van der Waals surface area contributed by atoms with E-state index in [0.29, 0.717) is 0 Å². The van der Waals surface area contributed by atoms with Crippen LogP contribution in [-0.4, -0.2) is 51.0 Å². The third-order valence-electron chi connectivity index (χ3n) is 7.49. The van der Waals surface area contributed by atoms with Crippen LogP contribution in [0.3, 0.4) is 0 Å². The van der Waals surface area contributed by atoms with Gasteiger partial charge in [0.15, 0.2) is 11.5 Å². The van der Waals surface area contributed by atoms with Crippen molar-refractivity contribution in [1.82, 2.24) is 20.0 Å². The maximum Gasteiger partial charge on any atom is 0.238 e. The van der Waals surface area contributed by atoms with Gasteiger partial charge in [0, 0.05) is 43.0 Å². The largest absolute Gasteiger partial charge is 0.451 e. The maximum atomic E-state index is 11.1. The van der Waals surface area contributed by atoms with Crippen molar-refractivity contribution >= 4 is 0 Å². The van der Waals surface area contributed by atoms with E-state index < -0.39 is 6.23 Å². The zero-order chi connectivity index (χ0) is 20.3. The predicted molar refractivity (Wildman–Crippen MR) is 111 cm³/mol. The Kier molecular flexibility index (Phi) is 4.34. The number of likely N-dealkylation sites (tertiary alicyclic amines) is 1. The Hall–Kier alpha value is -2.09. The summed E-state index contributed by atoms with van der Waals surface area (Å²) in [6.45, 7) is 6.09. The van der Waals surface area contributed by atoms with Crippen LogP contribution in [-0.2, 0) is 12.1 Å². The lowest BCUT2D eigenvalue weighted by atomic mass is 9.93. The number of aliphatic hydroxyl groups is 1. The van der Waals surface area contributed by atoms with E-state index in [1.165, 1.54) is 24.1 Å². The molecule has 1 saturated heterocycles. The summed E-state index contributed by atoms with van der Waals surface area (Å²) in [5, 5.41) is 18.3.